The third-order valence-electron chi connectivity index (χ3n) is 5.30. The van der Waals surface area contributed by atoms with Gasteiger partial charge in [0.2, 0.25) is 0 Å². The van der Waals surface area contributed by atoms with Crippen molar-refractivity contribution in [1.82, 2.24) is 20.4 Å². The number of piperidine rings is 3. The van der Waals surface area contributed by atoms with Gasteiger partial charge in [-0.05, 0) is 70.0 Å². The maximum atomic E-state index is 12.6. The van der Waals surface area contributed by atoms with E-state index < -0.39 is 0 Å². The van der Waals surface area contributed by atoms with Crippen molar-refractivity contribution >= 4 is 17.2 Å². The summed E-state index contributed by atoms with van der Waals surface area (Å²) < 4.78 is 5.65. The maximum absolute atomic E-state index is 12.6. The molecule has 1 amide bonds. The Kier molecular flexibility index (Phi) is 4.43. The highest BCUT2D eigenvalue weighted by molar-refractivity contribution is 7.13. The molecule has 132 valence electrons. The first kappa shape index (κ1) is 16.5. The van der Waals surface area contributed by atoms with Crippen LogP contribution in [0.1, 0.15) is 35.1 Å². The SMILES string of the molecule is Cc1nnc(Oc2ccc(C(=O)N[C@@H]3C4CCN(CC4)[C@H]3C)cc2)s1. The van der Waals surface area contributed by atoms with Crippen molar-refractivity contribution in [3.05, 3.63) is 34.8 Å². The summed E-state index contributed by atoms with van der Waals surface area (Å²) in [6, 6.07) is 7.85. The highest BCUT2D eigenvalue weighted by Crippen LogP contribution is 2.32. The number of aromatic nitrogens is 2. The number of amides is 1. The zero-order valence-electron chi connectivity index (χ0n) is 14.4. The van der Waals surface area contributed by atoms with E-state index in [4.69, 9.17) is 4.74 Å². The molecule has 4 heterocycles. The number of hydrogen-bond acceptors (Lipinski definition) is 6. The Bertz CT molecular complexity index is 751. The molecule has 2 bridgehead atoms. The Morgan fingerprint density at radius 1 is 1.24 bits per heavy atom. The predicted molar refractivity (Wildman–Crippen MR) is 96.2 cm³/mol. The Balaban J connectivity index is 1.40. The van der Waals surface area contributed by atoms with Gasteiger partial charge in [0.1, 0.15) is 10.8 Å². The van der Waals surface area contributed by atoms with Crippen LogP contribution in [0, 0.1) is 12.8 Å². The first-order valence-corrected chi connectivity index (χ1v) is 9.55. The third kappa shape index (κ3) is 3.39. The highest BCUT2D eigenvalue weighted by Gasteiger charge is 2.40. The number of nitrogens with zero attached hydrogens (tertiary/aromatic N) is 3. The number of rotatable bonds is 4. The van der Waals surface area contributed by atoms with Crippen LogP contribution in [0.4, 0.5) is 0 Å². The van der Waals surface area contributed by atoms with Crippen LogP contribution in [0.25, 0.3) is 0 Å². The molecule has 3 fully saturated rings. The lowest BCUT2D eigenvalue weighted by Gasteiger charge is -2.49. The standard InChI is InChI=1S/C18H22N4O2S/c1-11-16(13-7-9-22(11)10-8-13)19-17(23)14-3-5-15(6-4-14)24-18-21-20-12(2)25-18/h3-6,11,13,16H,7-10H2,1-2H3,(H,19,23)/t11-,16-/m0/s1. The highest BCUT2D eigenvalue weighted by atomic mass is 32.1. The van der Waals surface area contributed by atoms with Crippen LogP contribution in [0.5, 0.6) is 10.9 Å². The molecule has 2 atom stereocenters. The molecule has 1 aromatic heterocycles. The van der Waals surface area contributed by atoms with E-state index in [9.17, 15) is 4.79 Å². The van der Waals surface area contributed by atoms with Gasteiger partial charge < -0.3 is 10.1 Å². The molecule has 0 saturated carbocycles. The summed E-state index contributed by atoms with van der Waals surface area (Å²) in [5.74, 6) is 1.25. The van der Waals surface area contributed by atoms with Gasteiger partial charge in [-0.15, -0.1) is 5.10 Å². The molecule has 1 N–H and O–H groups in total. The summed E-state index contributed by atoms with van der Waals surface area (Å²) >= 11 is 1.40. The number of carbonyl (C=O) groups is 1. The summed E-state index contributed by atoms with van der Waals surface area (Å²) in [5, 5.41) is 12.5. The van der Waals surface area contributed by atoms with Gasteiger partial charge in [0, 0.05) is 17.6 Å². The number of fused-ring (bicyclic) bond motifs is 3. The van der Waals surface area contributed by atoms with Crippen LogP contribution in [0.3, 0.4) is 0 Å². The minimum Gasteiger partial charge on any atom is -0.430 e. The van der Waals surface area contributed by atoms with E-state index in [1.807, 2.05) is 6.92 Å². The summed E-state index contributed by atoms with van der Waals surface area (Å²) in [6.07, 6.45) is 2.37. The molecule has 3 aliphatic heterocycles. The quantitative estimate of drug-likeness (QED) is 0.910. The second-order valence-corrected chi connectivity index (χ2v) is 7.97. The molecule has 7 heteroatoms. The van der Waals surface area contributed by atoms with E-state index in [1.165, 1.54) is 24.2 Å². The molecule has 5 rings (SSSR count). The van der Waals surface area contributed by atoms with Gasteiger partial charge in [-0.3, -0.25) is 9.69 Å². The van der Waals surface area contributed by atoms with Crippen LogP contribution < -0.4 is 10.1 Å². The smallest absolute Gasteiger partial charge is 0.299 e. The van der Waals surface area contributed by atoms with Crippen molar-refractivity contribution < 1.29 is 9.53 Å². The number of ether oxygens (including phenoxy) is 1. The van der Waals surface area contributed by atoms with Crippen LogP contribution in [-0.4, -0.2) is 46.2 Å². The van der Waals surface area contributed by atoms with E-state index in [0.717, 1.165) is 18.1 Å². The summed E-state index contributed by atoms with van der Waals surface area (Å²) in [5.41, 5.74) is 0.657. The molecule has 3 saturated heterocycles. The van der Waals surface area contributed by atoms with Gasteiger partial charge in [-0.2, -0.15) is 0 Å². The Labute approximate surface area is 151 Å². The second-order valence-electron chi connectivity index (χ2n) is 6.83. The lowest BCUT2D eigenvalue weighted by atomic mass is 9.79. The van der Waals surface area contributed by atoms with Gasteiger partial charge in [0.25, 0.3) is 11.1 Å². The van der Waals surface area contributed by atoms with Crippen molar-refractivity contribution in [2.75, 3.05) is 13.1 Å². The number of hydrogen-bond donors (Lipinski definition) is 1. The lowest BCUT2D eigenvalue weighted by Crippen LogP contribution is -2.62. The molecular weight excluding hydrogens is 336 g/mol. The Morgan fingerprint density at radius 3 is 2.56 bits per heavy atom. The van der Waals surface area contributed by atoms with Crippen molar-refractivity contribution in [3.63, 3.8) is 0 Å². The van der Waals surface area contributed by atoms with Crippen molar-refractivity contribution in [2.45, 2.75) is 38.8 Å². The molecule has 3 aliphatic rings. The maximum Gasteiger partial charge on any atom is 0.299 e. The third-order valence-corrected chi connectivity index (χ3v) is 6.02. The minimum absolute atomic E-state index is 0.0103. The van der Waals surface area contributed by atoms with Crippen molar-refractivity contribution in [3.8, 4) is 10.9 Å². The van der Waals surface area contributed by atoms with Crippen LogP contribution in [-0.2, 0) is 0 Å². The first-order valence-electron chi connectivity index (χ1n) is 8.73. The monoisotopic (exact) mass is 358 g/mol. The second kappa shape index (κ2) is 6.72. The lowest BCUT2D eigenvalue weighted by molar-refractivity contribution is 0.0217. The summed E-state index contributed by atoms with van der Waals surface area (Å²) in [4.78, 5) is 15.1. The van der Waals surface area contributed by atoms with Gasteiger partial charge >= 0.3 is 0 Å². The first-order chi connectivity index (χ1) is 12.1. The number of carbonyl (C=O) groups excluding carboxylic acids is 1. The zero-order valence-corrected chi connectivity index (χ0v) is 15.3. The van der Waals surface area contributed by atoms with E-state index in [2.05, 4.69) is 27.3 Å². The predicted octanol–water partition coefficient (Wildman–Crippen LogP) is 2.85. The molecule has 0 radical (unpaired) electrons. The van der Waals surface area contributed by atoms with Gasteiger partial charge in [-0.1, -0.05) is 16.4 Å². The van der Waals surface area contributed by atoms with Crippen LogP contribution in [0.15, 0.2) is 24.3 Å². The molecule has 25 heavy (non-hydrogen) atoms. The molecule has 1 aromatic carbocycles. The molecule has 6 nitrogen and oxygen atoms in total. The van der Waals surface area contributed by atoms with E-state index in [-0.39, 0.29) is 11.9 Å². The number of nitrogens with one attached hydrogen (secondary N) is 1. The molecular formula is C18H22N4O2S. The zero-order chi connectivity index (χ0) is 17.4. The van der Waals surface area contributed by atoms with E-state index in [0.29, 0.717) is 28.5 Å². The summed E-state index contributed by atoms with van der Waals surface area (Å²) in [7, 11) is 0. The normalized spacial score (nSPS) is 27.9. The topological polar surface area (TPSA) is 67.3 Å². The van der Waals surface area contributed by atoms with Crippen molar-refractivity contribution in [2.24, 2.45) is 5.92 Å². The van der Waals surface area contributed by atoms with Gasteiger partial charge in [0.15, 0.2) is 0 Å². The Morgan fingerprint density at radius 2 is 1.96 bits per heavy atom. The van der Waals surface area contributed by atoms with E-state index in [1.54, 1.807) is 24.3 Å². The number of aryl methyl sites for hydroxylation is 1. The van der Waals surface area contributed by atoms with Crippen LogP contribution >= 0.6 is 11.3 Å². The molecule has 0 unspecified atom stereocenters. The molecule has 0 spiro atoms. The van der Waals surface area contributed by atoms with Gasteiger partial charge in [-0.25, -0.2) is 0 Å². The van der Waals surface area contributed by atoms with Crippen molar-refractivity contribution in [1.29, 1.82) is 0 Å². The summed E-state index contributed by atoms with van der Waals surface area (Å²) in [6.45, 7) is 6.43. The molecule has 0 aliphatic carbocycles. The van der Waals surface area contributed by atoms with Gasteiger partial charge in [0.05, 0.1) is 0 Å². The molecule has 2 aromatic rings. The van der Waals surface area contributed by atoms with E-state index >= 15 is 0 Å². The average molecular weight is 358 g/mol. The van der Waals surface area contributed by atoms with Crippen LogP contribution in [0.2, 0.25) is 0 Å². The average Bonchev–Trinajstić information content (AvgIpc) is 3.04. The fraction of sp³-hybridized carbons (Fsp3) is 0.500. The Hall–Kier alpha value is -1.99. The number of benzene rings is 1. The fourth-order valence-electron chi connectivity index (χ4n) is 3.87. The largest absolute Gasteiger partial charge is 0.430 e. The minimum atomic E-state index is -0.0103. The fourth-order valence-corrected chi connectivity index (χ4v) is 4.43.